The number of aliphatic hydroxyl groups is 5. The number of nitrogens with two attached hydrogens (primary N) is 1. The summed E-state index contributed by atoms with van der Waals surface area (Å²) in [5.74, 6) is -4.07. The highest BCUT2D eigenvalue weighted by Gasteiger charge is 2.81. The van der Waals surface area contributed by atoms with E-state index < -0.39 is 60.3 Å². The van der Waals surface area contributed by atoms with Crippen LogP contribution in [0.25, 0.3) is 0 Å². The van der Waals surface area contributed by atoms with Gasteiger partial charge in [-0.1, -0.05) is 0 Å². The van der Waals surface area contributed by atoms with E-state index in [1.807, 2.05) is 0 Å². The molecule has 1 spiro atoms. The summed E-state index contributed by atoms with van der Waals surface area (Å²) >= 11 is 0. The van der Waals surface area contributed by atoms with Gasteiger partial charge in [-0.25, -0.2) is 0 Å². The number of ether oxygens (including phenoxy) is 2. The minimum absolute atomic E-state index is 0.153. The lowest BCUT2D eigenvalue weighted by molar-refractivity contribution is -0.719. The van der Waals surface area contributed by atoms with E-state index in [4.69, 9.17) is 15.2 Å². The summed E-state index contributed by atoms with van der Waals surface area (Å²) in [5.41, 5.74) is 1.72. The quantitative estimate of drug-likeness (QED) is 0.230. The number of hydrogen-bond acceptors (Lipinski definition) is 10. The smallest absolute Gasteiger partial charge is 0.343 e. The lowest BCUT2D eigenvalue weighted by Crippen LogP contribution is -3.04. The van der Waals surface area contributed by atoms with Crippen LogP contribution in [0.5, 0.6) is 0 Å². The minimum Gasteiger partial charge on any atom is -0.805 e. The Morgan fingerprint density at radius 3 is 2.55 bits per heavy atom. The molecular weight excluding hydrogens is 302 g/mol. The molecular formula is C11H17N3O8. The molecule has 0 aromatic heterocycles. The van der Waals surface area contributed by atoms with Gasteiger partial charge in [0, 0.05) is 0 Å². The Bertz CT molecular complexity index is 561. The molecule has 0 radical (unpaired) electrons. The summed E-state index contributed by atoms with van der Waals surface area (Å²) in [4.78, 5) is 2.45. The molecule has 2 unspecified atom stereocenters. The van der Waals surface area contributed by atoms with Crippen molar-refractivity contribution in [3.8, 4) is 0 Å². The molecule has 11 nitrogen and oxygen atoms in total. The van der Waals surface area contributed by atoms with Crippen molar-refractivity contribution in [3.63, 3.8) is 0 Å². The van der Waals surface area contributed by atoms with Gasteiger partial charge in [0.2, 0.25) is 0 Å². The summed E-state index contributed by atoms with van der Waals surface area (Å²) in [6.45, 7) is -0.871. The van der Waals surface area contributed by atoms with Gasteiger partial charge in [-0.15, -0.1) is 0 Å². The van der Waals surface area contributed by atoms with Crippen molar-refractivity contribution in [2.24, 2.45) is 11.7 Å². The molecule has 11 heteroatoms. The van der Waals surface area contributed by atoms with Crippen molar-refractivity contribution < 1.29 is 45.1 Å². The van der Waals surface area contributed by atoms with Crippen molar-refractivity contribution in [3.05, 3.63) is 0 Å². The second kappa shape index (κ2) is 3.88. The molecule has 4 aliphatic heterocycles. The molecule has 4 heterocycles. The van der Waals surface area contributed by atoms with Crippen LogP contribution in [0, 0.1) is 5.92 Å². The van der Waals surface area contributed by atoms with Gasteiger partial charge in [0.15, 0.2) is 11.8 Å². The fourth-order valence-corrected chi connectivity index (χ4v) is 4.28. The summed E-state index contributed by atoms with van der Waals surface area (Å²) in [6.07, 6.45) is -7.87. The zero-order valence-electron chi connectivity index (χ0n) is 11.2. The van der Waals surface area contributed by atoms with Crippen LogP contribution in [0.15, 0.2) is 0 Å². The number of nitrogens with one attached hydrogen (secondary N) is 2. The molecule has 22 heavy (non-hydrogen) atoms. The molecule has 9 N–H and O–H groups in total. The van der Waals surface area contributed by atoms with Crippen molar-refractivity contribution in [1.29, 1.82) is 0 Å². The Morgan fingerprint density at radius 1 is 1.27 bits per heavy atom. The first-order valence-electron chi connectivity index (χ1n) is 6.81. The highest BCUT2D eigenvalue weighted by molar-refractivity contribution is 5.74. The van der Waals surface area contributed by atoms with Crippen LogP contribution in [0.3, 0.4) is 0 Å². The van der Waals surface area contributed by atoms with Crippen LogP contribution in [0.1, 0.15) is 0 Å². The molecule has 0 aromatic carbocycles. The number of rotatable bonds is 1. The maximum absolute atomic E-state index is 12.5. The van der Waals surface area contributed by atoms with Crippen LogP contribution in [-0.4, -0.2) is 85.9 Å². The van der Waals surface area contributed by atoms with Gasteiger partial charge in [0.25, 0.3) is 0 Å². The van der Waals surface area contributed by atoms with Gasteiger partial charge in [0.1, 0.15) is 36.0 Å². The van der Waals surface area contributed by atoms with Crippen LogP contribution >= 0.6 is 0 Å². The summed E-state index contributed by atoms with van der Waals surface area (Å²) in [7, 11) is 0. The SMILES string of the molecule is NC1=[NH+][C@H](O)[C@H]2[C@H]3OC4([O-])O[C@@H]([C@@H](O)C2(N1)[C@@H]4O)[C@]3(O)CO. The van der Waals surface area contributed by atoms with Crippen molar-refractivity contribution in [2.45, 2.75) is 47.8 Å². The van der Waals surface area contributed by atoms with Crippen molar-refractivity contribution >= 4 is 5.96 Å². The highest BCUT2D eigenvalue weighted by atomic mass is 16.9. The maximum atomic E-state index is 12.5. The van der Waals surface area contributed by atoms with E-state index in [0.717, 1.165) is 0 Å². The van der Waals surface area contributed by atoms with E-state index in [9.17, 15) is 30.6 Å². The molecule has 1 saturated carbocycles. The fourth-order valence-electron chi connectivity index (χ4n) is 4.28. The molecule has 4 fully saturated rings. The molecule has 4 bridgehead atoms. The molecule has 5 rings (SSSR count). The van der Waals surface area contributed by atoms with Crippen LogP contribution in [-0.2, 0) is 9.47 Å². The van der Waals surface area contributed by atoms with Gasteiger partial charge >= 0.3 is 5.96 Å². The van der Waals surface area contributed by atoms with Crippen LogP contribution < -0.4 is 21.1 Å². The van der Waals surface area contributed by atoms with Gasteiger partial charge in [-0.05, 0) is 0 Å². The summed E-state index contributed by atoms with van der Waals surface area (Å²) in [6, 6.07) is 0. The van der Waals surface area contributed by atoms with E-state index >= 15 is 0 Å². The predicted molar refractivity (Wildman–Crippen MR) is 62.0 cm³/mol. The van der Waals surface area contributed by atoms with Crippen molar-refractivity contribution in [2.75, 3.05) is 6.61 Å². The zero-order chi connectivity index (χ0) is 16.1. The van der Waals surface area contributed by atoms with E-state index in [1.165, 1.54) is 0 Å². The second-order valence-corrected chi connectivity index (χ2v) is 6.26. The van der Waals surface area contributed by atoms with Crippen LogP contribution in [0.2, 0.25) is 0 Å². The minimum atomic E-state index is -2.75. The second-order valence-electron chi connectivity index (χ2n) is 6.26. The third kappa shape index (κ3) is 1.28. The fraction of sp³-hybridized carbons (Fsp3) is 0.909. The summed E-state index contributed by atoms with van der Waals surface area (Å²) in [5, 5.41) is 66.5. The molecule has 0 amide bonds. The first-order valence-corrected chi connectivity index (χ1v) is 6.81. The first kappa shape index (κ1) is 14.5. The lowest BCUT2D eigenvalue weighted by atomic mass is 9.55. The monoisotopic (exact) mass is 319 g/mol. The highest BCUT2D eigenvalue weighted by Crippen LogP contribution is 2.56. The number of aliphatic hydroxyl groups excluding tert-OH is 4. The molecule has 3 saturated heterocycles. The topological polar surface area (TPSA) is 195 Å². The molecule has 5 aliphatic rings. The predicted octanol–water partition coefficient (Wildman–Crippen LogP) is -8.07. The third-order valence-corrected chi connectivity index (χ3v) is 5.26. The average Bonchev–Trinajstić information content (AvgIpc) is 2.45. The van der Waals surface area contributed by atoms with Gasteiger partial charge in [-0.3, -0.25) is 16.0 Å². The first-order chi connectivity index (χ1) is 10.2. The van der Waals surface area contributed by atoms with Gasteiger partial charge in [0.05, 0.1) is 12.5 Å². The Kier molecular flexibility index (Phi) is 2.57. The van der Waals surface area contributed by atoms with E-state index in [0.29, 0.717) is 0 Å². The van der Waals surface area contributed by atoms with Crippen molar-refractivity contribution in [1.82, 2.24) is 5.32 Å². The Morgan fingerprint density at radius 2 is 1.91 bits per heavy atom. The van der Waals surface area contributed by atoms with E-state index in [2.05, 4.69) is 10.3 Å². The molecule has 0 aromatic rings. The Balaban J connectivity index is 1.95. The largest absolute Gasteiger partial charge is 0.805 e. The standard InChI is InChI=1S/C11H16N3O8/c12-8-13-6(17)2-4-9(19,1-15)5-3(16)10(2,14-8)7(18)11(20,21-4)22-5/h2-7,15-19H,1H2,(H3,12,13,14)/q-1/p+1/t2-,3-,4-,5+,6-,7+,9+,10?,11?/m1/s1. The van der Waals surface area contributed by atoms with Crippen LogP contribution in [0.4, 0.5) is 0 Å². The molecule has 124 valence electrons. The molecule has 9 atom stereocenters. The summed E-state index contributed by atoms with van der Waals surface area (Å²) < 4.78 is 10.1. The average molecular weight is 319 g/mol. The van der Waals surface area contributed by atoms with Gasteiger partial charge < -0.3 is 40.1 Å². The maximum Gasteiger partial charge on any atom is 0.343 e. The Hall–Kier alpha value is -1.05. The number of hydrogen-bond donors (Lipinski definition) is 8. The lowest BCUT2D eigenvalue weighted by Gasteiger charge is -2.73. The van der Waals surface area contributed by atoms with E-state index in [-0.39, 0.29) is 5.96 Å². The third-order valence-electron chi connectivity index (χ3n) is 5.26. The van der Waals surface area contributed by atoms with Gasteiger partial charge in [-0.2, -0.15) is 0 Å². The number of guanidine groups is 1. The Labute approximate surface area is 123 Å². The molecule has 1 aliphatic carbocycles. The van der Waals surface area contributed by atoms with E-state index in [1.54, 1.807) is 0 Å². The zero-order valence-corrected chi connectivity index (χ0v) is 11.2. The normalized spacial score (nSPS) is 62.4.